The number of likely N-dealkylation sites (N-methyl/N-ethyl adjacent to an activating group) is 1. The molecule has 1 aliphatic rings. The van der Waals surface area contributed by atoms with Crippen LogP contribution in [-0.2, 0) is 4.79 Å². The molecule has 0 bridgehead atoms. The molecule has 0 aromatic carbocycles. The number of carbonyl (C=O) groups is 1. The predicted octanol–water partition coefficient (Wildman–Crippen LogP) is 2.03. The molecule has 0 atom stereocenters. The van der Waals surface area contributed by atoms with Crippen molar-refractivity contribution in [3.8, 4) is 0 Å². The van der Waals surface area contributed by atoms with Gasteiger partial charge in [-0.3, -0.25) is 4.79 Å². The zero-order valence-corrected chi connectivity index (χ0v) is 11.7. The summed E-state index contributed by atoms with van der Waals surface area (Å²) in [6.07, 6.45) is 6.17. The molecule has 1 rings (SSSR count). The highest BCUT2D eigenvalue weighted by atomic mass is 35.5. The smallest absolute Gasteiger partial charge is 0.234 e. The highest BCUT2D eigenvalue weighted by molar-refractivity contribution is 6.27. The van der Waals surface area contributed by atoms with Gasteiger partial charge in [0.2, 0.25) is 5.91 Å². The van der Waals surface area contributed by atoms with Gasteiger partial charge < -0.3 is 10.2 Å². The molecule has 1 amide bonds. The number of alkyl halides is 1. The van der Waals surface area contributed by atoms with Crippen LogP contribution in [0.1, 0.15) is 32.1 Å². The normalized spacial score (nSPS) is 19.0. The first-order chi connectivity index (χ1) is 7.10. The van der Waals surface area contributed by atoms with Crippen molar-refractivity contribution < 1.29 is 4.79 Å². The fourth-order valence-corrected chi connectivity index (χ4v) is 2.40. The molecule has 1 N–H and O–H groups in total. The number of amides is 1. The summed E-state index contributed by atoms with van der Waals surface area (Å²) in [5.41, 5.74) is 0.153. The third-order valence-corrected chi connectivity index (χ3v) is 3.71. The fraction of sp³-hybridized carbons (Fsp3) is 0.909. The maximum absolute atomic E-state index is 11.2. The Morgan fingerprint density at radius 1 is 1.31 bits per heavy atom. The van der Waals surface area contributed by atoms with Gasteiger partial charge in [0.05, 0.1) is 0 Å². The first-order valence-electron chi connectivity index (χ1n) is 5.61. The molecular formula is C11H22Cl2N2O. The minimum Gasteiger partial charge on any atom is -0.353 e. The Bertz CT molecular complexity index is 216. The minimum atomic E-state index is -0.0662. The summed E-state index contributed by atoms with van der Waals surface area (Å²) in [5.74, 6) is -0.00720. The van der Waals surface area contributed by atoms with Gasteiger partial charge in [-0.2, -0.15) is 0 Å². The Hall–Kier alpha value is 0.01000. The second-order valence-corrected chi connectivity index (χ2v) is 4.86. The van der Waals surface area contributed by atoms with Gasteiger partial charge in [-0.1, -0.05) is 19.3 Å². The number of hydrogen-bond donors (Lipinski definition) is 1. The Morgan fingerprint density at radius 3 is 2.31 bits per heavy atom. The van der Waals surface area contributed by atoms with Gasteiger partial charge in [0, 0.05) is 12.1 Å². The first kappa shape index (κ1) is 16.0. The van der Waals surface area contributed by atoms with E-state index >= 15 is 0 Å². The highest BCUT2D eigenvalue weighted by Crippen LogP contribution is 2.31. The van der Waals surface area contributed by atoms with Gasteiger partial charge in [-0.15, -0.1) is 24.0 Å². The quantitative estimate of drug-likeness (QED) is 0.792. The van der Waals surface area contributed by atoms with E-state index in [4.69, 9.17) is 11.6 Å². The van der Waals surface area contributed by atoms with E-state index in [1.807, 2.05) is 0 Å². The molecule has 96 valence electrons. The summed E-state index contributed by atoms with van der Waals surface area (Å²) < 4.78 is 0. The summed E-state index contributed by atoms with van der Waals surface area (Å²) in [7, 11) is 4.19. The highest BCUT2D eigenvalue weighted by Gasteiger charge is 2.34. The third-order valence-electron chi connectivity index (χ3n) is 3.47. The molecular weight excluding hydrogens is 247 g/mol. The van der Waals surface area contributed by atoms with Crippen molar-refractivity contribution >= 4 is 29.9 Å². The second-order valence-electron chi connectivity index (χ2n) is 4.59. The van der Waals surface area contributed by atoms with E-state index in [9.17, 15) is 4.79 Å². The molecule has 0 unspecified atom stereocenters. The largest absolute Gasteiger partial charge is 0.353 e. The molecule has 0 heterocycles. The average Bonchev–Trinajstić information content (AvgIpc) is 2.27. The van der Waals surface area contributed by atoms with E-state index in [2.05, 4.69) is 24.3 Å². The van der Waals surface area contributed by atoms with Crippen LogP contribution in [0, 0.1) is 0 Å². The minimum absolute atomic E-state index is 0. The summed E-state index contributed by atoms with van der Waals surface area (Å²) in [4.78, 5) is 13.4. The molecule has 5 heteroatoms. The van der Waals surface area contributed by atoms with Crippen molar-refractivity contribution in [2.45, 2.75) is 37.6 Å². The van der Waals surface area contributed by atoms with Gasteiger partial charge in [-0.05, 0) is 26.9 Å². The van der Waals surface area contributed by atoms with Crippen molar-refractivity contribution in [2.24, 2.45) is 0 Å². The number of halogens is 2. The SMILES string of the molecule is CN(C)C1(CNC(=O)CCl)CCCCC1.Cl. The maximum Gasteiger partial charge on any atom is 0.234 e. The van der Waals surface area contributed by atoms with Crippen LogP contribution in [0.3, 0.4) is 0 Å². The van der Waals surface area contributed by atoms with Gasteiger partial charge >= 0.3 is 0 Å². The second kappa shape index (κ2) is 7.36. The summed E-state index contributed by atoms with van der Waals surface area (Å²) in [5, 5.41) is 2.91. The Morgan fingerprint density at radius 2 is 1.88 bits per heavy atom. The van der Waals surface area contributed by atoms with E-state index in [0.717, 1.165) is 6.54 Å². The number of hydrogen-bond acceptors (Lipinski definition) is 2. The van der Waals surface area contributed by atoms with E-state index in [1.54, 1.807) is 0 Å². The van der Waals surface area contributed by atoms with Crippen LogP contribution in [0.25, 0.3) is 0 Å². The monoisotopic (exact) mass is 268 g/mol. The van der Waals surface area contributed by atoms with E-state index in [-0.39, 0.29) is 29.7 Å². The van der Waals surface area contributed by atoms with Crippen LogP contribution in [0.2, 0.25) is 0 Å². The Balaban J connectivity index is 0.00000225. The number of nitrogens with zero attached hydrogens (tertiary/aromatic N) is 1. The molecule has 0 spiro atoms. The molecule has 1 fully saturated rings. The van der Waals surface area contributed by atoms with Crippen molar-refractivity contribution in [2.75, 3.05) is 26.5 Å². The van der Waals surface area contributed by atoms with E-state index in [0.29, 0.717) is 0 Å². The van der Waals surface area contributed by atoms with Crippen LogP contribution < -0.4 is 5.32 Å². The molecule has 3 nitrogen and oxygen atoms in total. The van der Waals surface area contributed by atoms with Gasteiger partial charge in [0.25, 0.3) is 0 Å². The molecule has 1 aliphatic carbocycles. The van der Waals surface area contributed by atoms with Crippen LogP contribution in [0.15, 0.2) is 0 Å². The summed E-state index contributed by atoms with van der Waals surface area (Å²) >= 11 is 5.47. The standard InChI is InChI=1S/C11H21ClN2O.ClH/c1-14(2)11(6-4-3-5-7-11)9-13-10(15)8-12;/h3-9H2,1-2H3,(H,13,15);1H. The average molecular weight is 269 g/mol. The van der Waals surface area contributed by atoms with Crippen molar-refractivity contribution in [1.29, 1.82) is 0 Å². The molecule has 16 heavy (non-hydrogen) atoms. The summed E-state index contributed by atoms with van der Waals surface area (Å²) in [6, 6.07) is 0. The van der Waals surface area contributed by atoms with Crippen LogP contribution in [-0.4, -0.2) is 42.9 Å². The van der Waals surface area contributed by atoms with E-state index < -0.39 is 0 Å². The Labute approximate surface area is 109 Å². The molecule has 0 radical (unpaired) electrons. The molecule has 0 aromatic heterocycles. The zero-order chi connectivity index (χ0) is 11.3. The topological polar surface area (TPSA) is 32.3 Å². The molecule has 0 saturated heterocycles. The van der Waals surface area contributed by atoms with Crippen molar-refractivity contribution in [3.63, 3.8) is 0 Å². The fourth-order valence-electron chi connectivity index (χ4n) is 2.30. The van der Waals surface area contributed by atoms with Gasteiger partial charge in [0.15, 0.2) is 0 Å². The van der Waals surface area contributed by atoms with Gasteiger partial charge in [-0.25, -0.2) is 0 Å². The first-order valence-corrected chi connectivity index (χ1v) is 6.14. The predicted molar refractivity (Wildman–Crippen MR) is 70.5 cm³/mol. The lowest BCUT2D eigenvalue weighted by Crippen LogP contribution is -2.54. The summed E-state index contributed by atoms with van der Waals surface area (Å²) in [6.45, 7) is 0.728. The van der Waals surface area contributed by atoms with Crippen LogP contribution in [0.4, 0.5) is 0 Å². The zero-order valence-electron chi connectivity index (χ0n) is 10.1. The Kier molecular flexibility index (Phi) is 7.36. The third kappa shape index (κ3) is 4.11. The van der Waals surface area contributed by atoms with Crippen LogP contribution in [0.5, 0.6) is 0 Å². The molecule has 0 aliphatic heterocycles. The van der Waals surface area contributed by atoms with Gasteiger partial charge in [0.1, 0.15) is 5.88 Å². The number of carbonyl (C=O) groups excluding carboxylic acids is 1. The van der Waals surface area contributed by atoms with Crippen molar-refractivity contribution in [3.05, 3.63) is 0 Å². The lowest BCUT2D eigenvalue weighted by atomic mass is 9.80. The number of nitrogens with one attached hydrogen (secondary N) is 1. The lowest BCUT2D eigenvalue weighted by molar-refractivity contribution is -0.119. The van der Waals surface area contributed by atoms with Crippen LogP contribution >= 0.6 is 24.0 Å². The maximum atomic E-state index is 11.2. The number of rotatable bonds is 4. The lowest BCUT2D eigenvalue weighted by Gasteiger charge is -2.43. The van der Waals surface area contributed by atoms with E-state index in [1.165, 1.54) is 32.1 Å². The molecule has 1 saturated carbocycles. The van der Waals surface area contributed by atoms with Crippen molar-refractivity contribution in [1.82, 2.24) is 10.2 Å². The molecule has 0 aromatic rings.